The van der Waals surface area contributed by atoms with Crippen LogP contribution in [0.5, 0.6) is 0 Å². The molecule has 0 bridgehead atoms. The Morgan fingerprint density at radius 2 is 1.90 bits per heavy atom. The Labute approximate surface area is 117 Å². The van der Waals surface area contributed by atoms with Crippen LogP contribution < -0.4 is 0 Å². The molecule has 0 fully saturated rings. The van der Waals surface area contributed by atoms with E-state index in [4.69, 9.17) is 11.7 Å². The van der Waals surface area contributed by atoms with Gasteiger partial charge in [-0.15, -0.1) is 6.42 Å². The van der Waals surface area contributed by atoms with Crippen LogP contribution in [0.2, 0.25) is 0 Å². The number of hydrogen-bond acceptors (Lipinski definition) is 1. The molecule has 0 aliphatic heterocycles. The molecule has 2 nitrogen and oxygen atoms in total. The van der Waals surface area contributed by atoms with Crippen molar-refractivity contribution < 1.29 is 0 Å². The molecule has 94 valence electrons. The molecule has 0 saturated heterocycles. The number of terminal acetylenes is 1. The molecule has 1 aromatic heterocycles. The number of fused-ring (bicyclic) bond motifs is 1. The SMILES string of the molecule is C#CC(c1ccccc1)c1c[nH]c2ccc(C#N)cc12. The summed E-state index contributed by atoms with van der Waals surface area (Å²) in [5, 5.41) is 10.0. The highest BCUT2D eigenvalue weighted by Gasteiger charge is 2.15. The fourth-order valence-electron chi connectivity index (χ4n) is 2.46. The highest BCUT2D eigenvalue weighted by atomic mass is 14.7. The summed E-state index contributed by atoms with van der Waals surface area (Å²) in [5.41, 5.74) is 3.75. The van der Waals surface area contributed by atoms with E-state index in [-0.39, 0.29) is 5.92 Å². The molecule has 20 heavy (non-hydrogen) atoms. The lowest BCUT2D eigenvalue weighted by atomic mass is 9.91. The van der Waals surface area contributed by atoms with E-state index in [2.05, 4.69) is 17.0 Å². The quantitative estimate of drug-likeness (QED) is 0.696. The highest BCUT2D eigenvalue weighted by molar-refractivity contribution is 5.86. The molecule has 0 spiro atoms. The van der Waals surface area contributed by atoms with Crippen LogP contribution in [-0.4, -0.2) is 4.98 Å². The lowest BCUT2D eigenvalue weighted by molar-refractivity contribution is 1.08. The number of rotatable bonds is 2. The van der Waals surface area contributed by atoms with E-state index in [0.717, 1.165) is 22.0 Å². The van der Waals surface area contributed by atoms with E-state index in [9.17, 15) is 0 Å². The number of nitrogens with one attached hydrogen (secondary N) is 1. The number of aromatic nitrogens is 1. The summed E-state index contributed by atoms with van der Waals surface area (Å²) in [4.78, 5) is 3.22. The fourth-order valence-corrected chi connectivity index (χ4v) is 2.46. The fraction of sp³-hybridized carbons (Fsp3) is 0.0556. The second-order valence-corrected chi connectivity index (χ2v) is 4.63. The zero-order valence-electron chi connectivity index (χ0n) is 10.8. The van der Waals surface area contributed by atoms with Crippen molar-refractivity contribution in [1.82, 2.24) is 4.98 Å². The van der Waals surface area contributed by atoms with Crippen LogP contribution in [0.15, 0.2) is 54.7 Å². The minimum absolute atomic E-state index is 0.112. The third kappa shape index (κ3) is 1.94. The molecule has 3 rings (SSSR count). The molecule has 0 amide bonds. The molecule has 2 aromatic carbocycles. The zero-order chi connectivity index (χ0) is 13.9. The summed E-state index contributed by atoms with van der Waals surface area (Å²) in [6.45, 7) is 0. The lowest BCUT2D eigenvalue weighted by Crippen LogP contribution is -1.96. The molecule has 0 aliphatic carbocycles. The maximum atomic E-state index is 9.04. The summed E-state index contributed by atoms with van der Waals surface area (Å²) < 4.78 is 0. The van der Waals surface area contributed by atoms with Crippen molar-refractivity contribution in [2.45, 2.75) is 5.92 Å². The van der Waals surface area contributed by atoms with Gasteiger partial charge in [-0.3, -0.25) is 0 Å². The normalized spacial score (nSPS) is 11.7. The molecular formula is C18H12N2. The van der Waals surface area contributed by atoms with Gasteiger partial charge in [-0.05, 0) is 29.3 Å². The standard InChI is InChI=1S/C18H12N2/c1-2-15(14-6-4-3-5-7-14)17-12-20-18-9-8-13(11-19)10-16(17)18/h1,3-10,12,15,20H. The van der Waals surface area contributed by atoms with Gasteiger partial charge in [-0.25, -0.2) is 0 Å². The van der Waals surface area contributed by atoms with Crippen LogP contribution in [-0.2, 0) is 0 Å². The van der Waals surface area contributed by atoms with Crippen molar-refractivity contribution in [1.29, 1.82) is 5.26 Å². The molecule has 1 heterocycles. The molecule has 0 radical (unpaired) electrons. The summed E-state index contributed by atoms with van der Waals surface area (Å²) in [5.74, 6) is 2.74. The van der Waals surface area contributed by atoms with Gasteiger partial charge in [-0.1, -0.05) is 36.3 Å². The number of aromatic amines is 1. The zero-order valence-corrected chi connectivity index (χ0v) is 10.8. The second kappa shape index (κ2) is 4.96. The van der Waals surface area contributed by atoms with Gasteiger partial charge in [0.15, 0.2) is 0 Å². The third-order valence-electron chi connectivity index (χ3n) is 3.45. The molecule has 0 saturated carbocycles. The summed E-state index contributed by atoms with van der Waals surface area (Å²) in [7, 11) is 0. The minimum Gasteiger partial charge on any atom is -0.361 e. The monoisotopic (exact) mass is 256 g/mol. The van der Waals surface area contributed by atoms with E-state index in [1.165, 1.54) is 0 Å². The van der Waals surface area contributed by atoms with Gasteiger partial charge >= 0.3 is 0 Å². The molecule has 1 atom stereocenters. The third-order valence-corrected chi connectivity index (χ3v) is 3.45. The van der Waals surface area contributed by atoms with Crippen LogP contribution in [0, 0.1) is 23.7 Å². The largest absolute Gasteiger partial charge is 0.361 e. The minimum atomic E-state index is -0.112. The van der Waals surface area contributed by atoms with Crippen LogP contribution in [0.4, 0.5) is 0 Å². The Balaban J connectivity index is 2.19. The molecule has 2 heteroatoms. The number of H-pyrrole nitrogens is 1. The summed E-state index contributed by atoms with van der Waals surface area (Å²) in [6.07, 6.45) is 7.66. The Morgan fingerprint density at radius 1 is 1.10 bits per heavy atom. The highest BCUT2D eigenvalue weighted by Crippen LogP contribution is 2.30. The van der Waals surface area contributed by atoms with Gasteiger partial charge in [0, 0.05) is 17.1 Å². The molecule has 1 N–H and O–H groups in total. The van der Waals surface area contributed by atoms with Crippen molar-refractivity contribution in [3.05, 3.63) is 71.4 Å². The van der Waals surface area contributed by atoms with Gasteiger partial charge in [0.1, 0.15) is 0 Å². The van der Waals surface area contributed by atoms with Gasteiger partial charge < -0.3 is 4.98 Å². The van der Waals surface area contributed by atoms with Gasteiger partial charge in [-0.2, -0.15) is 5.26 Å². The number of hydrogen-bond donors (Lipinski definition) is 1. The topological polar surface area (TPSA) is 39.6 Å². The Kier molecular flexibility index (Phi) is 2.99. The van der Waals surface area contributed by atoms with E-state index < -0.39 is 0 Å². The maximum absolute atomic E-state index is 9.04. The van der Waals surface area contributed by atoms with Crippen LogP contribution >= 0.6 is 0 Å². The molecular weight excluding hydrogens is 244 g/mol. The first-order valence-electron chi connectivity index (χ1n) is 6.35. The van der Waals surface area contributed by atoms with Crippen molar-refractivity contribution >= 4 is 10.9 Å². The number of nitriles is 1. The molecule has 3 aromatic rings. The average Bonchev–Trinajstić information content (AvgIpc) is 2.92. The van der Waals surface area contributed by atoms with Gasteiger partial charge in [0.2, 0.25) is 0 Å². The Hall–Kier alpha value is -2.97. The average molecular weight is 256 g/mol. The molecule has 0 aliphatic rings. The smallest absolute Gasteiger partial charge is 0.0991 e. The van der Waals surface area contributed by atoms with Crippen LogP contribution in [0.25, 0.3) is 10.9 Å². The lowest BCUT2D eigenvalue weighted by Gasteiger charge is -2.10. The predicted molar refractivity (Wildman–Crippen MR) is 80.1 cm³/mol. The van der Waals surface area contributed by atoms with Crippen LogP contribution in [0.1, 0.15) is 22.6 Å². The van der Waals surface area contributed by atoms with E-state index in [1.807, 2.05) is 48.7 Å². The summed E-state index contributed by atoms with van der Waals surface area (Å²) >= 11 is 0. The van der Waals surface area contributed by atoms with Crippen LogP contribution in [0.3, 0.4) is 0 Å². The van der Waals surface area contributed by atoms with E-state index >= 15 is 0 Å². The number of nitrogens with zero attached hydrogens (tertiary/aromatic N) is 1. The Morgan fingerprint density at radius 3 is 2.60 bits per heavy atom. The van der Waals surface area contributed by atoms with Gasteiger partial charge in [0.05, 0.1) is 17.6 Å². The molecule has 1 unspecified atom stereocenters. The van der Waals surface area contributed by atoms with Crippen molar-refractivity contribution in [3.8, 4) is 18.4 Å². The van der Waals surface area contributed by atoms with Crippen molar-refractivity contribution in [2.24, 2.45) is 0 Å². The first kappa shape index (κ1) is 12.1. The van der Waals surface area contributed by atoms with E-state index in [1.54, 1.807) is 6.07 Å². The van der Waals surface area contributed by atoms with Gasteiger partial charge in [0.25, 0.3) is 0 Å². The first-order valence-corrected chi connectivity index (χ1v) is 6.35. The van der Waals surface area contributed by atoms with Crippen molar-refractivity contribution in [2.75, 3.05) is 0 Å². The Bertz CT molecular complexity index is 829. The first-order chi connectivity index (χ1) is 9.83. The summed E-state index contributed by atoms with van der Waals surface area (Å²) in [6, 6.07) is 17.8. The number of benzene rings is 2. The maximum Gasteiger partial charge on any atom is 0.0991 e. The second-order valence-electron chi connectivity index (χ2n) is 4.63. The van der Waals surface area contributed by atoms with E-state index in [0.29, 0.717) is 5.56 Å². The van der Waals surface area contributed by atoms with Crippen molar-refractivity contribution in [3.63, 3.8) is 0 Å². The predicted octanol–water partition coefficient (Wildman–Crippen LogP) is 3.80.